The van der Waals surface area contributed by atoms with Crippen LogP contribution in [0.4, 0.5) is 5.69 Å². The average molecular weight is 478 g/mol. The zero-order valence-corrected chi connectivity index (χ0v) is 20.8. The van der Waals surface area contributed by atoms with Crippen molar-refractivity contribution in [2.75, 3.05) is 33.0 Å². The molecular weight excluding hydrogens is 446 g/mol. The number of rotatable bonds is 9. The molecule has 2 N–H and O–H groups in total. The zero-order valence-electron chi connectivity index (χ0n) is 20.8. The van der Waals surface area contributed by atoms with Crippen LogP contribution in [0.3, 0.4) is 0 Å². The SMILES string of the molecule is CN(C)CCOc1ccc(-c2oc3ncc(N)c(CCc4ccccc4)c3c2-c2ccccc2)cc1. The fourth-order valence-corrected chi connectivity index (χ4v) is 4.46. The van der Waals surface area contributed by atoms with Crippen LogP contribution in [0.2, 0.25) is 0 Å². The number of ether oxygens (including phenoxy) is 1. The molecule has 0 fully saturated rings. The number of anilines is 1. The number of nitrogen functional groups attached to an aromatic ring is 1. The molecule has 36 heavy (non-hydrogen) atoms. The van der Waals surface area contributed by atoms with E-state index in [0.717, 1.165) is 58.5 Å². The van der Waals surface area contributed by atoms with Crippen LogP contribution in [-0.2, 0) is 12.8 Å². The summed E-state index contributed by atoms with van der Waals surface area (Å²) in [6, 6.07) is 28.9. The molecule has 0 saturated heterocycles. The number of aryl methyl sites for hydroxylation is 2. The minimum absolute atomic E-state index is 0.604. The van der Waals surface area contributed by atoms with Gasteiger partial charge in [-0.25, -0.2) is 4.98 Å². The number of hydrogen-bond acceptors (Lipinski definition) is 5. The van der Waals surface area contributed by atoms with Crippen molar-refractivity contribution in [1.82, 2.24) is 9.88 Å². The fourth-order valence-electron chi connectivity index (χ4n) is 4.46. The molecule has 0 spiro atoms. The molecule has 0 radical (unpaired) electrons. The summed E-state index contributed by atoms with van der Waals surface area (Å²) in [5, 5.41) is 0.985. The van der Waals surface area contributed by atoms with Crippen molar-refractivity contribution in [3.8, 4) is 28.2 Å². The minimum Gasteiger partial charge on any atom is -0.492 e. The van der Waals surface area contributed by atoms with Gasteiger partial charge in [0.2, 0.25) is 5.71 Å². The van der Waals surface area contributed by atoms with E-state index in [-0.39, 0.29) is 0 Å². The Bertz CT molecular complexity index is 1430. The standard InChI is InChI=1S/C31H31N3O2/c1-34(2)19-20-35-25-16-14-24(15-17-25)30-28(23-11-7-4-8-12-23)29-26(27(32)21-33-31(29)36-30)18-13-22-9-5-3-6-10-22/h3-12,14-17,21H,13,18-20,32H2,1-2H3. The van der Waals surface area contributed by atoms with Gasteiger partial charge in [0, 0.05) is 17.7 Å². The first-order valence-corrected chi connectivity index (χ1v) is 12.3. The Kier molecular flexibility index (Phi) is 7.01. The van der Waals surface area contributed by atoms with Crippen LogP contribution in [0.5, 0.6) is 5.75 Å². The molecule has 0 aliphatic rings. The second kappa shape index (κ2) is 10.7. The summed E-state index contributed by atoms with van der Waals surface area (Å²) >= 11 is 0. The predicted molar refractivity (Wildman–Crippen MR) is 147 cm³/mol. The third kappa shape index (κ3) is 5.11. The molecule has 2 heterocycles. The Balaban J connectivity index is 1.57. The van der Waals surface area contributed by atoms with E-state index in [0.29, 0.717) is 18.0 Å². The lowest BCUT2D eigenvalue weighted by Gasteiger charge is -2.11. The van der Waals surface area contributed by atoms with Crippen LogP contribution in [0.1, 0.15) is 11.1 Å². The lowest BCUT2D eigenvalue weighted by Crippen LogP contribution is -2.19. The highest BCUT2D eigenvalue weighted by molar-refractivity contribution is 6.03. The third-order valence-electron chi connectivity index (χ3n) is 6.35. The number of aromatic nitrogens is 1. The fraction of sp³-hybridized carbons (Fsp3) is 0.194. The number of furan rings is 1. The van der Waals surface area contributed by atoms with Crippen LogP contribution in [0.15, 0.2) is 95.5 Å². The van der Waals surface area contributed by atoms with Gasteiger partial charge in [-0.3, -0.25) is 0 Å². The molecule has 0 bridgehead atoms. The summed E-state index contributed by atoms with van der Waals surface area (Å²) in [5.41, 5.74) is 13.2. The summed E-state index contributed by atoms with van der Waals surface area (Å²) in [6.07, 6.45) is 3.40. The number of likely N-dealkylation sites (N-methyl/N-ethyl adjacent to an activating group) is 1. The molecule has 0 amide bonds. The van der Waals surface area contributed by atoms with Crippen LogP contribution in [-0.4, -0.2) is 37.1 Å². The Morgan fingerprint density at radius 2 is 1.53 bits per heavy atom. The highest BCUT2D eigenvalue weighted by atomic mass is 16.5. The van der Waals surface area contributed by atoms with Crippen molar-refractivity contribution in [3.05, 3.63) is 102 Å². The molecule has 5 rings (SSSR count). The van der Waals surface area contributed by atoms with Crippen LogP contribution >= 0.6 is 0 Å². The van der Waals surface area contributed by atoms with Gasteiger partial charge >= 0.3 is 0 Å². The number of benzene rings is 3. The van der Waals surface area contributed by atoms with E-state index in [1.807, 2.05) is 62.6 Å². The first-order chi connectivity index (χ1) is 17.6. The van der Waals surface area contributed by atoms with Gasteiger partial charge in [-0.1, -0.05) is 60.7 Å². The number of fused-ring (bicyclic) bond motifs is 1. The van der Waals surface area contributed by atoms with Gasteiger partial charge in [-0.15, -0.1) is 0 Å². The molecule has 5 nitrogen and oxygen atoms in total. The van der Waals surface area contributed by atoms with E-state index in [1.54, 1.807) is 6.20 Å². The van der Waals surface area contributed by atoms with E-state index in [2.05, 4.69) is 46.3 Å². The number of nitrogens with two attached hydrogens (primary N) is 1. The van der Waals surface area contributed by atoms with Gasteiger partial charge in [-0.05, 0) is 67.9 Å². The van der Waals surface area contributed by atoms with E-state index < -0.39 is 0 Å². The number of nitrogens with zero attached hydrogens (tertiary/aromatic N) is 2. The van der Waals surface area contributed by atoms with Crippen molar-refractivity contribution >= 4 is 16.8 Å². The lowest BCUT2D eigenvalue weighted by atomic mass is 9.94. The van der Waals surface area contributed by atoms with Crippen molar-refractivity contribution < 1.29 is 9.15 Å². The van der Waals surface area contributed by atoms with E-state index in [1.165, 1.54) is 5.56 Å². The first kappa shape index (κ1) is 23.6. The van der Waals surface area contributed by atoms with Crippen LogP contribution in [0.25, 0.3) is 33.6 Å². The average Bonchev–Trinajstić information content (AvgIpc) is 3.29. The molecule has 5 aromatic rings. The molecule has 0 aliphatic heterocycles. The third-order valence-corrected chi connectivity index (χ3v) is 6.35. The molecule has 182 valence electrons. The van der Waals surface area contributed by atoms with E-state index in [4.69, 9.17) is 14.9 Å². The van der Waals surface area contributed by atoms with E-state index >= 15 is 0 Å². The second-order valence-electron chi connectivity index (χ2n) is 9.21. The molecule has 2 aromatic heterocycles. The Labute approximate surface area is 212 Å². The number of hydrogen-bond donors (Lipinski definition) is 1. The van der Waals surface area contributed by atoms with Crippen LogP contribution < -0.4 is 10.5 Å². The molecule has 5 heteroatoms. The number of pyridine rings is 1. The van der Waals surface area contributed by atoms with Gasteiger partial charge < -0.3 is 19.8 Å². The summed E-state index contributed by atoms with van der Waals surface area (Å²) in [7, 11) is 4.07. The van der Waals surface area contributed by atoms with Crippen molar-refractivity contribution in [1.29, 1.82) is 0 Å². The molecule has 0 unspecified atom stereocenters. The lowest BCUT2D eigenvalue weighted by molar-refractivity contribution is 0.261. The topological polar surface area (TPSA) is 64.5 Å². The van der Waals surface area contributed by atoms with Crippen LogP contribution in [0, 0.1) is 0 Å². The zero-order chi connectivity index (χ0) is 24.9. The quantitative estimate of drug-likeness (QED) is 0.264. The minimum atomic E-state index is 0.604. The van der Waals surface area contributed by atoms with Gasteiger partial charge in [0.1, 0.15) is 18.1 Å². The smallest absolute Gasteiger partial charge is 0.227 e. The van der Waals surface area contributed by atoms with Gasteiger partial charge in [0.05, 0.1) is 17.3 Å². The highest BCUT2D eigenvalue weighted by Gasteiger charge is 2.22. The summed E-state index contributed by atoms with van der Waals surface area (Å²) < 4.78 is 12.3. The van der Waals surface area contributed by atoms with Gasteiger partial charge in [0.15, 0.2) is 0 Å². The maximum absolute atomic E-state index is 6.51. The molecule has 0 atom stereocenters. The van der Waals surface area contributed by atoms with E-state index in [9.17, 15) is 0 Å². The Morgan fingerprint density at radius 1 is 0.833 bits per heavy atom. The first-order valence-electron chi connectivity index (χ1n) is 12.3. The maximum atomic E-state index is 6.51. The van der Waals surface area contributed by atoms with Crippen molar-refractivity contribution in [2.24, 2.45) is 0 Å². The summed E-state index contributed by atoms with van der Waals surface area (Å²) in [5.74, 6) is 1.62. The molecule has 0 aliphatic carbocycles. The Hall–Kier alpha value is -4.09. The second-order valence-corrected chi connectivity index (χ2v) is 9.21. The summed E-state index contributed by atoms with van der Waals surface area (Å²) in [4.78, 5) is 6.68. The predicted octanol–water partition coefficient (Wildman–Crippen LogP) is 6.47. The maximum Gasteiger partial charge on any atom is 0.227 e. The Morgan fingerprint density at radius 3 is 2.22 bits per heavy atom. The van der Waals surface area contributed by atoms with Gasteiger partial charge in [-0.2, -0.15) is 0 Å². The van der Waals surface area contributed by atoms with Crippen molar-refractivity contribution in [2.45, 2.75) is 12.8 Å². The monoisotopic (exact) mass is 477 g/mol. The largest absolute Gasteiger partial charge is 0.492 e. The molecular formula is C31H31N3O2. The normalized spacial score (nSPS) is 11.3. The molecule has 3 aromatic carbocycles. The van der Waals surface area contributed by atoms with Crippen molar-refractivity contribution in [3.63, 3.8) is 0 Å². The van der Waals surface area contributed by atoms with Gasteiger partial charge in [0.25, 0.3) is 0 Å². The summed E-state index contributed by atoms with van der Waals surface area (Å²) in [6.45, 7) is 1.50. The highest BCUT2D eigenvalue weighted by Crippen LogP contribution is 2.43. The molecule has 0 saturated carbocycles.